The topological polar surface area (TPSA) is 205 Å². The van der Waals surface area contributed by atoms with E-state index in [9.17, 15) is 28.8 Å². The summed E-state index contributed by atoms with van der Waals surface area (Å²) in [5.74, 6) is -2.82. The van der Waals surface area contributed by atoms with Gasteiger partial charge in [0.25, 0.3) is 5.91 Å². The molecule has 6 amide bonds. The fourth-order valence-electron chi connectivity index (χ4n) is 6.78. The van der Waals surface area contributed by atoms with Crippen molar-refractivity contribution in [2.75, 3.05) is 19.6 Å². The number of carbonyl (C=O) groups is 6. The Balaban J connectivity index is 1.51. The molecule has 0 unspecified atom stereocenters. The summed E-state index contributed by atoms with van der Waals surface area (Å²) >= 11 is 0. The van der Waals surface area contributed by atoms with Gasteiger partial charge in [0.1, 0.15) is 29.9 Å². The van der Waals surface area contributed by atoms with Crippen LogP contribution in [-0.2, 0) is 30.4 Å². The highest BCUT2D eigenvalue weighted by atomic mass is 16.2. The summed E-state index contributed by atoms with van der Waals surface area (Å²) in [4.78, 5) is 84.5. The molecule has 1 aromatic heterocycles. The van der Waals surface area contributed by atoms with E-state index in [0.717, 1.165) is 29.3 Å². The molecule has 0 bridgehead atoms. The molecule has 14 nitrogen and oxygen atoms in total. The van der Waals surface area contributed by atoms with E-state index < -0.39 is 47.8 Å². The standard InChI is InChI=1S/C41H56N8O6/c1-27(2)43-21-9-8-17-34(41(55)49-24-12-18-36(49)37(42)51)48-39(53)33(16-7-11-23-45-38(52)32-15-6-10-22-44-32)47-40(54)35(46-28(3)50)26-29-19-20-30-13-4-5-14-31(30)25-29/h4-6,10,13-15,19-20,22,25,27,33-36,43H,7-9,11-12,16-18,21,23-24,26H2,1-3H3,(H2,42,51)(H,45,52)(H,46,50)(H,47,54)(H,48,53)/t33-,34+,35-,36+/m1/s1. The second-order valence-corrected chi connectivity index (χ2v) is 14.4. The summed E-state index contributed by atoms with van der Waals surface area (Å²) in [6.45, 7) is 6.82. The second kappa shape index (κ2) is 21.5. The molecule has 1 fully saturated rings. The average Bonchev–Trinajstić information content (AvgIpc) is 3.67. The first-order chi connectivity index (χ1) is 26.4. The van der Waals surface area contributed by atoms with Crippen LogP contribution in [0.3, 0.4) is 0 Å². The number of benzene rings is 2. The summed E-state index contributed by atoms with van der Waals surface area (Å²) in [5, 5.41) is 16.7. The van der Waals surface area contributed by atoms with Crippen molar-refractivity contribution in [3.63, 3.8) is 0 Å². The number of hydrogen-bond acceptors (Lipinski definition) is 8. The van der Waals surface area contributed by atoms with Gasteiger partial charge in [-0.2, -0.15) is 0 Å². The number of primary amides is 1. The number of carbonyl (C=O) groups excluding carboxylic acids is 6. The minimum Gasteiger partial charge on any atom is -0.368 e. The van der Waals surface area contributed by atoms with Gasteiger partial charge < -0.3 is 37.2 Å². The van der Waals surface area contributed by atoms with E-state index >= 15 is 0 Å². The van der Waals surface area contributed by atoms with Crippen molar-refractivity contribution in [3.8, 4) is 0 Å². The van der Waals surface area contributed by atoms with Crippen LogP contribution in [0.25, 0.3) is 10.8 Å². The highest BCUT2D eigenvalue weighted by Gasteiger charge is 2.37. The molecular weight excluding hydrogens is 701 g/mol. The second-order valence-electron chi connectivity index (χ2n) is 14.4. The number of likely N-dealkylation sites (tertiary alicyclic amines) is 1. The van der Waals surface area contributed by atoms with E-state index in [2.05, 4.69) is 31.6 Å². The lowest BCUT2D eigenvalue weighted by Crippen LogP contribution is -2.58. The molecular formula is C41H56N8O6. The molecule has 0 saturated carbocycles. The number of unbranched alkanes of at least 4 members (excludes halogenated alkanes) is 2. The first kappa shape index (κ1) is 42.4. The molecule has 296 valence electrons. The minimum atomic E-state index is -1.07. The lowest BCUT2D eigenvalue weighted by molar-refractivity contribution is -0.141. The Labute approximate surface area is 323 Å². The van der Waals surface area contributed by atoms with E-state index in [1.807, 2.05) is 56.3 Å². The highest BCUT2D eigenvalue weighted by molar-refractivity contribution is 5.96. The molecule has 4 rings (SSSR count). The first-order valence-corrected chi connectivity index (χ1v) is 19.3. The molecule has 0 radical (unpaired) electrons. The maximum absolute atomic E-state index is 14.1. The lowest BCUT2D eigenvalue weighted by Gasteiger charge is -2.29. The third-order valence-corrected chi connectivity index (χ3v) is 9.63. The minimum absolute atomic E-state index is 0.180. The van der Waals surface area contributed by atoms with Gasteiger partial charge >= 0.3 is 0 Å². The van der Waals surface area contributed by atoms with Crippen LogP contribution in [0.15, 0.2) is 66.9 Å². The van der Waals surface area contributed by atoms with Crippen molar-refractivity contribution in [3.05, 3.63) is 78.1 Å². The molecule has 1 saturated heterocycles. The van der Waals surface area contributed by atoms with Gasteiger partial charge in [0.05, 0.1) is 0 Å². The molecule has 14 heteroatoms. The molecule has 0 aliphatic carbocycles. The van der Waals surface area contributed by atoms with Crippen molar-refractivity contribution in [1.82, 2.24) is 36.5 Å². The zero-order chi connectivity index (χ0) is 39.7. The van der Waals surface area contributed by atoms with Crippen LogP contribution in [0.1, 0.15) is 88.2 Å². The predicted molar refractivity (Wildman–Crippen MR) is 210 cm³/mol. The van der Waals surface area contributed by atoms with Crippen LogP contribution >= 0.6 is 0 Å². The van der Waals surface area contributed by atoms with Gasteiger partial charge in [-0.3, -0.25) is 33.8 Å². The Kier molecular flexibility index (Phi) is 16.6. The maximum atomic E-state index is 14.1. The van der Waals surface area contributed by atoms with Gasteiger partial charge in [0, 0.05) is 38.7 Å². The van der Waals surface area contributed by atoms with Gasteiger partial charge in [-0.05, 0) is 86.4 Å². The Bertz CT molecular complexity index is 1770. The van der Waals surface area contributed by atoms with Gasteiger partial charge in [0.2, 0.25) is 29.5 Å². The normalized spacial score (nSPS) is 15.6. The molecule has 3 aromatic rings. The Morgan fingerprint density at radius 1 is 0.800 bits per heavy atom. The van der Waals surface area contributed by atoms with Gasteiger partial charge in [0.15, 0.2) is 0 Å². The third-order valence-electron chi connectivity index (χ3n) is 9.63. The van der Waals surface area contributed by atoms with Crippen molar-refractivity contribution in [2.45, 2.75) is 109 Å². The van der Waals surface area contributed by atoms with Crippen LogP contribution in [-0.4, -0.2) is 95.2 Å². The molecule has 1 aliphatic rings. The number of nitrogens with two attached hydrogens (primary N) is 1. The maximum Gasteiger partial charge on any atom is 0.269 e. The van der Waals surface area contributed by atoms with E-state index in [0.29, 0.717) is 57.7 Å². The summed E-state index contributed by atoms with van der Waals surface area (Å²) in [7, 11) is 0. The van der Waals surface area contributed by atoms with Crippen molar-refractivity contribution in [1.29, 1.82) is 0 Å². The van der Waals surface area contributed by atoms with Crippen molar-refractivity contribution >= 4 is 46.2 Å². The van der Waals surface area contributed by atoms with E-state index in [-0.39, 0.29) is 30.3 Å². The van der Waals surface area contributed by atoms with Gasteiger partial charge in [-0.25, -0.2) is 0 Å². The van der Waals surface area contributed by atoms with Crippen LogP contribution in [0.4, 0.5) is 0 Å². The smallest absolute Gasteiger partial charge is 0.269 e. The highest BCUT2D eigenvalue weighted by Crippen LogP contribution is 2.20. The van der Waals surface area contributed by atoms with Crippen molar-refractivity contribution < 1.29 is 28.8 Å². The third kappa shape index (κ3) is 13.5. The molecule has 55 heavy (non-hydrogen) atoms. The SMILES string of the molecule is CC(=O)N[C@H](Cc1ccc2ccccc2c1)C(=O)N[C@H](CCCCNC(=O)c1ccccn1)C(=O)N[C@@H](CCCCNC(C)C)C(=O)N1CCC[C@H]1C(N)=O. The predicted octanol–water partition coefficient (Wildman–Crippen LogP) is 2.50. The van der Waals surface area contributed by atoms with E-state index in [1.165, 1.54) is 18.0 Å². The fraction of sp³-hybridized carbons (Fsp3) is 0.488. The quantitative estimate of drug-likeness (QED) is 0.0890. The monoisotopic (exact) mass is 756 g/mol. The summed E-state index contributed by atoms with van der Waals surface area (Å²) in [6, 6.07) is 15.2. The molecule has 2 aromatic carbocycles. The number of aromatic nitrogens is 1. The number of amides is 6. The average molecular weight is 757 g/mol. The number of hydrogen-bond donors (Lipinski definition) is 6. The molecule has 2 heterocycles. The van der Waals surface area contributed by atoms with Crippen LogP contribution in [0, 0.1) is 0 Å². The molecule has 0 spiro atoms. The molecule has 1 aliphatic heterocycles. The van der Waals surface area contributed by atoms with Crippen LogP contribution in [0.5, 0.6) is 0 Å². The first-order valence-electron chi connectivity index (χ1n) is 19.3. The molecule has 4 atom stereocenters. The molecule has 7 N–H and O–H groups in total. The van der Waals surface area contributed by atoms with E-state index in [1.54, 1.807) is 18.2 Å². The zero-order valence-electron chi connectivity index (χ0n) is 32.1. The number of rotatable bonds is 21. The summed E-state index contributed by atoms with van der Waals surface area (Å²) in [6.07, 6.45) is 5.61. The fourth-order valence-corrected chi connectivity index (χ4v) is 6.78. The number of pyridine rings is 1. The Morgan fingerprint density at radius 3 is 2.16 bits per heavy atom. The van der Waals surface area contributed by atoms with Gasteiger partial charge in [-0.1, -0.05) is 62.4 Å². The van der Waals surface area contributed by atoms with Crippen LogP contribution in [0.2, 0.25) is 0 Å². The summed E-state index contributed by atoms with van der Waals surface area (Å²) in [5.41, 5.74) is 6.75. The zero-order valence-corrected chi connectivity index (χ0v) is 32.1. The summed E-state index contributed by atoms with van der Waals surface area (Å²) < 4.78 is 0. The van der Waals surface area contributed by atoms with E-state index in [4.69, 9.17) is 5.73 Å². The number of fused-ring (bicyclic) bond motifs is 1. The van der Waals surface area contributed by atoms with Crippen molar-refractivity contribution in [2.24, 2.45) is 5.73 Å². The number of nitrogens with zero attached hydrogens (tertiary/aromatic N) is 2. The van der Waals surface area contributed by atoms with Gasteiger partial charge in [-0.15, -0.1) is 0 Å². The number of nitrogens with one attached hydrogen (secondary N) is 5. The Morgan fingerprint density at radius 2 is 1.47 bits per heavy atom. The Hall–Kier alpha value is -5.37. The lowest BCUT2D eigenvalue weighted by atomic mass is 10.00. The van der Waals surface area contributed by atoms with Crippen LogP contribution < -0.4 is 32.3 Å². The largest absolute Gasteiger partial charge is 0.368 e.